The SMILES string of the molecule is CCOc1nc(Nc2ccc(C(=O)NCC=O)cc2)cc(N)c1C#N. The summed E-state index contributed by atoms with van der Waals surface area (Å²) in [5.74, 6) is 0.244. The van der Waals surface area contributed by atoms with Gasteiger partial charge < -0.3 is 25.9 Å². The fourth-order valence-corrected chi connectivity index (χ4v) is 2.05. The number of carbonyl (C=O) groups excluding carboxylic acids is 2. The number of nitriles is 1. The lowest BCUT2D eigenvalue weighted by atomic mass is 10.2. The van der Waals surface area contributed by atoms with E-state index in [0.29, 0.717) is 30.0 Å². The zero-order valence-electron chi connectivity index (χ0n) is 13.6. The average molecular weight is 339 g/mol. The van der Waals surface area contributed by atoms with Crippen LogP contribution in [0.1, 0.15) is 22.8 Å². The second-order valence-corrected chi connectivity index (χ2v) is 4.90. The molecule has 0 spiro atoms. The number of aldehydes is 1. The Kier molecular flexibility index (Phi) is 5.90. The predicted molar refractivity (Wildman–Crippen MR) is 92.7 cm³/mol. The molecule has 0 aliphatic rings. The van der Waals surface area contributed by atoms with Crippen molar-refractivity contribution in [3.05, 3.63) is 41.5 Å². The molecule has 4 N–H and O–H groups in total. The van der Waals surface area contributed by atoms with Gasteiger partial charge in [-0.15, -0.1) is 0 Å². The van der Waals surface area contributed by atoms with Crippen molar-refractivity contribution in [1.82, 2.24) is 10.3 Å². The molecule has 0 bridgehead atoms. The summed E-state index contributed by atoms with van der Waals surface area (Å²) in [6.07, 6.45) is 0.616. The maximum absolute atomic E-state index is 11.7. The molecule has 2 aromatic rings. The first kappa shape index (κ1) is 17.7. The minimum Gasteiger partial charge on any atom is -0.477 e. The third-order valence-corrected chi connectivity index (χ3v) is 3.18. The van der Waals surface area contributed by atoms with Crippen molar-refractivity contribution in [1.29, 1.82) is 5.26 Å². The van der Waals surface area contributed by atoms with E-state index in [1.807, 2.05) is 6.07 Å². The van der Waals surface area contributed by atoms with E-state index in [2.05, 4.69) is 15.6 Å². The van der Waals surface area contributed by atoms with Gasteiger partial charge in [-0.3, -0.25) is 4.79 Å². The Hall–Kier alpha value is -3.60. The summed E-state index contributed by atoms with van der Waals surface area (Å²) in [4.78, 5) is 26.2. The van der Waals surface area contributed by atoms with Crippen molar-refractivity contribution in [2.24, 2.45) is 0 Å². The highest BCUT2D eigenvalue weighted by atomic mass is 16.5. The van der Waals surface area contributed by atoms with Gasteiger partial charge in [0.1, 0.15) is 23.7 Å². The standard InChI is InChI=1S/C17H17N5O3/c1-2-25-17-13(10-18)14(19)9-15(22-17)21-12-5-3-11(4-6-12)16(24)20-7-8-23/h3-6,8-9H,2,7H2,1H3,(H,20,24)(H3,19,21,22). The molecule has 0 atom stereocenters. The lowest BCUT2D eigenvalue weighted by Crippen LogP contribution is -2.24. The van der Waals surface area contributed by atoms with Crippen molar-refractivity contribution in [3.63, 3.8) is 0 Å². The first-order valence-corrected chi connectivity index (χ1v) is 7.51. The second-order valence-electron chi connectivity index (χ2n) is 4.90. The second kappa shape index (κ2) is 8.31. The van der Waals surface area contributed by atoms with Crippen molar-refractivity contribution in [2.45, 2.75) is 6.92 Å². The van der Waals surface area contributed by atoms with Crippen LogP contribution in [0.2, 0.25) is 0 Å². The molecule has 25 heavy (non-hydrogen) atoms. The van der Waals surface area contributed by atoms with E-state index >= 15 is 0 Å². The first-order valence-electron chi connectivity index (χ1n) is 7.51. The zero-order valence-corrected chi connectivity index (χ0v) is 13.6. The monoisotopic (exact) mass is 339 g/mol. The molecule has 1 aromatic carbocycles. The molecule has 0 saturated heterocycles. The van der Waals surface area contributed by atoms with Crippen LogP contribution >= 0.6 is 0 Å². The van der Waals surface area contributed by atoms with E-state index in [4.69, 9.17) is 15.7 Å². The maximum Gasteiger partial charge on any atom is 0.251 e. The van der Waals surface area contributed by atoms with Crippen LogP contribution in [0.15, 0.2) is 30.3 Å². The Labute approximate surface area is 144 Å². The number of hydrogen-bond donors (Lipinski definition) is 3. The summed E-state index contributed by atoms with van der Waals surface area (Å²) in [6.45, 7) is 2.11. The van der Waals surface area contributed by atoms with Gasteiger partial charge in [-0.25, -0.2) is 0 Å². The molecule has 0 unspecified atom stereocenters. The normalized spacial score (nSPS) is 9.76. The molecule has 1 amide bonds. The number of benzene rings is 1. The van der Waals surface area contributed by atoms with Crippen LogP contribution in [0.4, 0.5) is 17.2 Å². The van der Waals surface area contributed by atoms with E-state index < -0.39 is 0 Å². The number of nitrogens with zero attached hydrogens (tertiary/aromatic N) is 2. The third kappa shape index (κ3) is 4.45. The van der Waals surface area contributed by atoms with Gasteiger partial charge in [-0.2, -0.15) is 10.2 Å². The average Bonchev–Trinajstić information content (AvgIpc) is 2.60. The molecule has 0 aliphatic carbocycles. The summed E-state index contributed by atoms with van der Waals surface area (Å²) < 4.78 is 5.34. The number of rotatable bonds is 7. The minimum absolute atomic E-state index is 0.0342. The van der Waals surface area contributed by atoms with Crippen LogP contribution in [0.5, 0.6) is 5.88 Å². The predicted octanol–water partition coefficient (Wildman–Crippen LogP) is 1.61. The highest BCUT2D eigenvalue weighted by molar-refractivity contribution is 5.95. The number of nitrogens with one attached hydrogen (secondary N) is 2. The third-order valence-electron chi connectivity index (χ3n) is 3.18. The van der Waals surface area contributed by atoms with Crippen LogP contribution < -0.4 is 21.1 Å². The van der Waals surface area contributed by atoms with E-state index in [0.717, 1.165) is 0 Å². The minimum atomic E-state index is -0.335. The Bertz CT molecular complexity index is 812. The van der Waals surface area contributed by atoms with Crippen LogP contribution in [-0.4, -0.2) is 30.3 Å². The van der Waals surface area contributed by atoms with Gasteiger partial charge in [0.15, 0.2) is 0 Å². The Morgan fingerprint density at radius 2 is 2.12 bits per heavy atom. The lowest BCUT2D eigenvalue weighted by Gasteiger charge is -2.11. The molecular formula is C17H17N5O3. The number of pyridine rings is 1. The molecule has 0 aliphatic heterocycles. The van der Waals surface area contributed by atoms with Crippen LogP contribution in [0.3, 0.4) is 0 Å². The van der Waals surface area contributed by atoms with Gasteiger partial charge in [0.05, 0.1) is 18.8 Å². The number of aromatic nitrogens is 1. The number of nitrogens with two attached hydrogens (primary N) is 1. The first-order chi connectivity index (χ1) is 12.1. The molecule has 0 fully saturated rings. The van der Waals surface area contributed by atoms with Gasteiger partial charge in [0.2, 0.25) is 5.88 Å². The maximum atomic E-state index is 11.7. The molecule has 1 aromatic heterocycles. The number of carbonyl (C=O) groups is 2. The smallest absolute Gasteiger partial charge is 0.251 e. The molecule has 8 heteroatoms. The summed E-state index contributed by atoms with van der Waals surface area (Å²) in [5.41, 5.74) is 7.41. The topological polar surface area (TPSA) is 130 Å². The van der Waals surface area contributed by atoms with E-state index in [1.165, 1.54) is 6.07 Å². The largest absolute Gasteiger partial charge is 0.477 e. The number of amides is 1. The molecule has 0 saturated carbocycles. The van der Waals surface area contributed by atoms with Gasteiger partial charge >= 0.3 is 0 Å². The van der Waals surface area contributed by atoms with Crippen molar-refractivity contribution < 1.29 is 14.3 Å². The lowest BCUT2D eigenvalue weighted by molar-refractivity contribution is -0.107. The Balaban J connectivity index is 2.18. The Morgan fingerprint density at radius 1 is 1.40 bits per heavy atom. The van der Waals surface area contributed by atoms with Gasteiger partial charge in [-0.05, 0) is 31.2 Å². The van der Waals surface area contributed by atoms with Crippen LogP contribution in [0.25, 0.3) is 0 Å². The highest BCUT2D eigenvalue weighted by Gasteiger charge is 2.12. The van der Waals surface area contributed by atoms with Crippen molar-refractivity contribution in [3.8, 4) is 11.9 Å². The summed E-state index contributed by atoms with van der Waals surface area (Å²) in [6, 6.07) is 10.1. The number of nitrogen functional groups attached to an aromatic ring is 1. The zero-order chi connectivity index (χ0) is 18.2. The summed E-state index contributed by atoms with van der Waals surface area (Å²) in [5, 5.41) is 14.6. The molecular weight excluding hydrogens is 322 g/mol. The summed E-state index contributed by atoms with van der Waals surface area (Å²) in [7, 11) is 0. The van der Waals surface area contributed by atoms with Crippen molar-refractivity contribution >= 4 is 29.4 Å². The Morgan fingerprint density at radius 3 is 2.72 bits per heavy atom. The number of hydrogen-bond acceptors (Lipinski definition) is 7. The fraction of sp³-hybridized carbons (Fsp3) is 0.176. The van der Waals surface area contributed by atoms with E-state index in [-0.39, 0.29) is 29.6 Å². The number of anilines is 3. The molecule has 2 rings (SSSR count). The molecule has 8 nitrogen and oxygen atoms in total. The van der Waals surface area contributed by atoms with Crippen LogP contribution in [0, 0.1) is 11.3 Å². The molecule has 128 valence electrons. The van der Waals surface area contributed by atoms with E-state index in [1.54, 1.807) is 31.2 Å². The quantitative estimate of drug-likeness (QED) is 0.653. The number of ether oxygens (including phenoxy) is 1. The van der Waals surface area contributed by atoms with Gasteiger partial charge in [0.25, 0.3) is 5.91 Å². The van der Waals surface area contributed by atoms with E-state index in [9.17, 15) is 9.59 Å². The summed E-state index contributed by atoms with van der Waals surface area (Å²) >= 11 is 0. The fourth-order valence-electron chi connectivity index (χ4n) is 2.05. The highest BCUT2D eigenvalue weighted by Crippen LogP contribution is 2.26. The van der Waals surface area contributed by atoms with Crippen LogP contribution in [-0.2, 0) is 4.79 Å². The molecule has 1 heterocycles. The van der Waals surface area contributed by atoms with Gasteiger partial charge in [0, 0.05) is 17.3 Å². The van der Waals surface area contributed by atoms with Gasteiger partial charge in [-0.1, -0.05) is 0 Å². The van der Waals surface area contributed by atoms with Crippen molar-refractivity contribution in [2.75, 3.05) is 24.2 Å². The molecule has 0 radical (unpaired) electrons.